The van der Waals surface area contributed by atoms with Crippen LogP contribution in [0.1, 0.15) is 24.8 Å². The molecule has 0 bridgehead atoms. The molecule has 0 radical (unpaired) electrons. The molecule has 1 aliphatic rings. The summed E-state index contributed by atoms with van der Waals surface area (Å²) in [4.78, 5) is 0.177. The van der Waals surface area contributed by atoms with Gasteiger partial charge in [-0.3, -0.25) is 0 Å². The van der Waals surface area contributed by atoms with Gasteiger partial charge in [-0.2, -0.15) is 4.31 Å². The predicted molar refractivity (Wildman–Crippen MR) is 108 cm³/mol. The van der Waals surface area contributed by atoms with E-state index in [0.29, 0.717) is 18.7 Å². The van der Waals surface area contributed by atoms with Crippen LogP contribution >= 0.6 is 11.8 Å². The zero-order valence-electron chi connectivity index (χ0n) is 15.9. The summed E-state index contributed by atoms with van der Waals surface area (Å²) in [5.41, 5.74) is 0.666. The minimum atomic E-state index is -3.58. The number of sulfonamides is 1. The maximum atomic E-state index is 13.8. The molecule has 3 aromatic rings. The van der Waals surface area contributed by atoms with Crippen molar-refractivity contribution in [2.45, 2.75) is 35.1 Å². The van der Waals surface area contributed by atoms with Crippen LogP contribution in [0.3, 0.4) is 0 Å². The van der Waals surface area contributed by atoms with Crippen LogP contribution < -0.4 is 0 Å². The van der Waals surface area contributed by atoms with Crippen molar-refractivity contribution in [2.75, 3.05) is 13.1 Å². The van der Waals surface area contributed by atoms with Gasteiger partial charge in [-0.1, -0.05) is 36.4 Å². The van der Waals surface area contributed by atoms with Crippen molar-refractivity contribution in [2.24, 2.45) is 0 Å². The van der Waals surface area contributed by atoms with Gasteiger partial charge >= 0.3 is 0 Å². The Morgan fingerprint density at radius 1 is 1.03 bits per heavy atom. The van der Waals surface area contributed by atoms with Gasteiger partial charge in [0, 0.05) is 30.0 Å². The highest BCUT2D eigenvalue weighted by molar-refractivity contribution is 7.98. The van der Waals surface area contributed by atoms with E-state index < -0.39 is 21.7 Å². The average Bonchev–Trinajstić information content (AvgIpc) is 3.25. The van der Waals surface area contributed by atoms with Gasteiger partial charge in [-0.15, -0.1) is 10.2 Å². The first-order chi connectivity index (χ1) is 14.4. The van der Waals surface area contributed by atoms with Crippen molar-refractivity contribution in [3.63, 3.8) is 0 Å². The summed E-state index contributed by atoms with van der Waals surface area (Å²) >= 11 is 1.07. The lowest BCUT2D eigenvalue weighted by atomic mass is 10.2. The number of rotatable bonds is 6. The number of aromatic nitrogens is 2. The van der Waals surface area contributed by atoms with E-state index in [2.05, 4.69) is 10.2 Å². The first kappa shape index (κ1) is 21.0. The lowest BCUT2D eigenvalue weighted by molar-refractivity contribution is 0.346. The molecule has 10 heteroatoms. The van der Waals surface area contributed by atoms with Crippen LogP contribution in [-0.2, 0) is 15.8 Å². The van der Waals surface area contributed by atoms with Crippen molar-refractivity contribution in [3.8, 4) is 11.5 Å². The van der Waals surface area contributed by atoms with Crippen LogP contribution in [0.2, 0.25) is 0 Å². The molecule has 1 saturated heterocycles. The summed E-state index contributed by atoms with van der Waals surface area (Å²) in [5.74, 6) is -1.53. The first-order valence-electron chi connectivity index (χ1n) is 9.45. The molecule has 1 aromatic heterocycles. The van der Waals surface area contributed by atoms with Gasteiger partial charge in [0.05, 0.1) is 4.90 Å². The lowest BCUT2D eigenvalue weighted by Crippen LogP contribution is -2.35. The molecule has 0 atom stereocenters. The fourth-order valence-corrected chi connectivity index (χ4v) is 5.53. The fourth-order valence-electron chi connectivity index (χ4n) is 3.23. The zero-order chi connectivity index (χ0) is 21.1. The smallest absolute Gasteiger partial charge is 0.277 e. The van der Waals surface area contributed by atoms with Gasteiger partial charge in [0.15, 0.2) is 11.6 Å². The molecule has 30 heavy (non-hydrogen) atoms. The zero-order valence-corrected chi connectivity index (χ0v) is 17.6. The molecule has 0 saturated carbocycles. The van der Waals surface area contributed by atoms with Crippen molar-refractivity contribution in [1.82, 2.24) is 14.5 Å². The Labute approximate surface area is 177 Å². The summed E-state index contributed by atoms with van der Waals surface area (Å²) in [6.45, 7) is 1.04. The van der Waals surface area contributed by atoms with E-state index in [-0.39, 0.29) is 27.3 Å². The second-order valence-electron chi connectivity index (χ2n) is 6.87. The molecular formula is C20H19F2N3O3S2. The summed E-state index contributed by atoms with van der Waals surface area (Å²) in [7, 11) is -3.58. The Hall–Kier alpha value is -2.30. The second-order valence-corrected chi connectivity index (χ2v) is 9.73. The maximum Gasteiger partial charge on any atom is 0.277 e. The number of piperidine rings is 1. The molecule has 0 aliphatic carbocycles. The fraction of sp³-hybridized carbons (Fsp3) is 0.300. The van der Waals surface area contributed by atoms with Gasteiger partial charge in [0.1, 0.15) is 0 Å². The summed E-state index contributed by atoms with van der Waals surface area (Å²) < 4.78 is 59.9. The highest BCUT2D eigenvalue weighted by Crippen LogP contribution is 2.29. The summed E-state index contributed by atoms with van der Waals surface area (Å²) in [5, 5.41) is 8.05. The van der Waals surface area contributed by atoms with Gasteiger partial charge < -0.3 is 4.42 Å². The molecule has 2 aromatic carbocycles. The third-order valence-electron chi connectivity index (χ3n) is 4.82. The molecular weight excluding hydrogens is 432 g/mol. The SMILES string of the molecule is O=S(=O)(c1cccc(-c2nnc(SCc3cccc(F)c3F)o2)c1)N1CCCCC1. The Kier molecular flexibility index (Phi) is 6.16. The summed E-state index contributed by atoms with van der Waals surface area (Å²) in [6.07, 6.45) is 2.75. The molecule has 0 spiro atoms. The quantitative estimate of drug-likeness (QED) is 0.515. The number of nitrogens with zero attached hydrogens (tertiary/aromatic N) is 3. The van der Waals surface area contributed by atoms with Crippen LogP contribution in [0.4, 0.5) is 8.78 Å². The number of hydrogen-bond donors (Lipinski definition) is 0. The van der Waals surface area contributed by atoms with E-state index in [1.54, 1.807) is 18.2 Å². The highest BCUT2D eigenvalue weighted by atomic mass is 32.2. The van der Waals surface area contributed by atoms with Gasteiger partial charge in [0.25, 0.3) is 5.22 Å². The van der Waals surface area contributed by atoms with E-state index in [0.717, 1.165) is 37.1 Å². The lowest BCUT2D eigenvalue weighted by Gasteiger charge is -2.25. The Morgan fingerprint density at radius 2 is 1.80 bits per heavy atom. The predicted octanol–water partition coefficient (Wildman–Crippen LogP) is 4.48. The third-order valence-corrected chi connectivity index (χ3v) is 7.58. The van der Waals surface area contributed by atoms with Gasteiger partial charge in [0.2, 0.25) is 15.9 Å². The van der Waals surface area contributed by atoms with Crippen LogP contribution in [0.15, 0.2) is 57.0 Å². The van der Waals surface area contributed by atoms with Crippen LogP contribution in [0.25, 0.3) is 11.5 Å². The maximum absolute atomic E-state index is 13.8. The molecule has 1 aliphatic heterocycles. The number of hydrogen-bond acceptors (Lipinski definition) is 6. The van der Waals surface area contributed by atoms with Crippen molar-refractivity contribution in [1.29, 1.82) is 0 Å². The second kappa shape index (κ2) is 8.83. The Bertz CT molecular complexity index is 1150. The van der Waals surface area contributed by atoms with Gasteiger partial charge in [-0.25, -0.2) is 17.2 Å². The monoisotopic (exact) mass is 451 g/mol. The molecule has 6 nitrogen and oxygen atoms in total. The normalized spacial score (nSPS) is 15.4. The Balaban J connectivity index is 1.51. The molecule has 0 N–H and O–H groups in total. The molecule has 0 amide bonds. The number of benzene rings is 2. The van der Waals surface area contributed by atoms with Crippen molar-refractivity contribution < 1.29 is 21.6 Å². The molecule has 158 valence electrons. The third kappa shape index (κ3) is 4.40. The van der Waals surface area contributed by atoms with Gasteiger partial charge in [-0.05, 0) is 37.1 Å². The van der Waals surface area contributed by atoms with E-state index in [4.69, 9.17) is 4.42 Å². The van der Waals surface area contributed by atoms with E-state index in [1.165, 1.54) is 22.5 Å². The molecule has 4 rings (SSSR count). The number of halogens is 2. The largest absolute Gasteiger partial charge is 0.411 e. The van der Waals surface area contributed by atoms with Crippen LogP contribution in [0, 0.1) is 11.6 Å². The Morgan fingerprint density at radius 3 is 2.60 bits per heavy atom. The molecule has 2 heterocycles. The summed E-state index contributed by atoms with van der Waals surface area (Å²) in [6, 6.07) is 10.3. The van der Waals surface area contributed by atoms with E-state index in [1.807, 2.05) is 0 Å². The van der Waals surface area contributed by atoms with E-state index >= 15 is 0 Å². The minimum absolute atomic E-state index is 0.120. The first-order valence-corrected chi connectivity index (χ1v) is 11.9. The number of thioether (sulfide) groups is 1. The van der Waals surface area contributed by atoms with Crippen LogP contribution in [0.5, 0.6) is 0 Å². The van der Waals surface area contributed by atoms with E-state index in [9.17, 15) is 17.2 Å². The average molecular weight is 452 g/mol. The minimum Gasteiger partial charge on any atom is -0.411 e. The van der Waals surface area contributed by atoms with Crippen molar-refractivity contribution >= 4 is 21.8 Å². The highest BCUT2D eigenvalue weighted by Gasteiger charge is 2.26. The molecule has 0 unspecified atom stereocenters. The topological polar surface area (TPSA) is 76.3 Å². The van der Waals surface area contributed by atoms with Crippen LogP contribution in [-0.4, -0.2) is 36.0 Å². The standard InChI is InChI=1S/C20H19F2N3O3S2/c21-17-9-5-7-15(18(17)22)13-29-20-24-23-19(28-20)14-6-4-8-16(12-14)30(26,27)25-10-2-1-3-11-25/h4-9,12H,1-3,10-11,13H2. The molecule has 1 fully saturated rings. The van der Waals surface area contributed by atoms with Crippen molar-refractivity contribution in [3.05, 3.63) is 59.7 Å².